The molecule has 1 saturated heterocycles. The molecule has 5 heteroatoms. The van der Waals surface area contributed by atoms with Crippen molar-refractivity contribution in [3.8, 4) is 11.5 Å². The van der Waals surface area contributed by atoms with Gasteiger partial charge >= 0.3 is 5.97 Å². The van der Waals surface area contributed by atoms with Gasteiger partial charge in [0.2, 0.25) is 0 Å². The fourth-order valence-electron chi connectivity index (χ4n) is 2.84. The van der Waals surface area contributed by atoms with E-state index in [0.717, 1.165) is 36.4 Å². The lowest BCUT2D eigenvalue weighted by Crippen LogP contribution is -2.30. The summed E-state index contributed by atoms with van der Waals surface area (Å²) < 4.78 is 15.8. The summed E-state index contributed by atoms with van der Waals surface area (Å²) in [6.45, 7) is 3.45. The maximum Gasteiger partial charge on any atom is 0.320 e. The van der Waals surface area contributed by atoms with E-state index < -0.39 is 0 Å². The predicted molar refractivity (Wildman–Crippen MR) is 79.7 cm³/mol. The van der Waals surface area contributed by atoms with Crippen molar-refractivity contribution in [2.45, 2.75) is 25.8 Å². The Morgan fingerprint density at radius 3 is 2.81 bits per heavy atom. The number of hydrogen-bond acceptors (Lipinski definition) is 5. The second-order valence-corrected chi connectivity index (χ2v) is 5.04. The summed E-state index contributed by atoms with van der Waals surface area (Å²) >= 11 is 0. The molecule has 2 rings (SSSR count). The zero-order valence-corrected chi connectivity index (χ0v) is 12.9. The van der Waals surface area contributed by atoms with Crippen molar-refractivity contribution in [3.63, 3.8) is 0 Å². The molecule has 1 aromatic carbocycles. The molecule has 0 aromatic heterocycles. The highest BCUT2D eigenvalue weighted by molar-refractivity contribution is 5.71. The van der Waals surface area contributed by atoms with Crippen LogP contribution in [0.5, 0.6) is 11.5 Å². The Bertz CT molecular complexity index is 489. The van der Waals surface area contributed by atoms with E-state index in [0.29, 0.717) is 13.2 Å². The molecule has 0 radical (unpaired) electrons. The molecular weight excluding hydrogens is 270 g/mol. The van der Waals surface area contributed by atoms with Crippen LogP contribution >= 0.6 is 0 Å². The molecule has 0 saturated carbocycles. The summed E-state index contributed by atoms with van der Waals surface area (Å²) in [5.41, 5.74) is 1.07. The lowest BCUT2D eigenvalue weighted by molar-refractivity contribution is -0.144. The van der Waals surface area contributed by atoms with Gasteiger partial charge in [-0.2, -0.15) is 0 Å². The van der Waals surface area contributed by atoms with Crippen LogP contribution in [0.2, 0.25) is 0 Å². The minimum Gasteiger partial charge on any atom is -0.497 e. The quantitative estimate of drug-likeness (QED) is 0.754. The van der Waals surface area contributed by atoms with E-state index >= 15 is 0 Å². The highest BCUT2D eigenvalue weighted by atomic mass is 16.5. The minimum atomic E-state index is -0.175. The van der Waals surface area contributed by atoms with Crippen molar-refractivity contribution in [1.29, 1.82) is 0 Å². The normalized spacial score (nSPS) is 18.5. The topological polar surface area (TPSA) is 48.0 Å². The van der Waals surface area contributed by atoms with E-state index in [-0.39, 0.29) is 12.0 Å². The second-order valence-electron chi connectivity index (χ2n) is 5.04. The summed E-state index contributed by atoms with van der Waals surface area (Å²) in [6.07, 6.45) is 2.06. The minimum absolute atomic E-state index is 0.166. The van der Waals surface area contributed by atoms with Gasteiger partial charge in [-0.05, 0) is 44.5 Å². The number of rotatable bonds is 6. The molecule has 21 heavy (non-hydrogen) atoms. The Labute approximate surface area is 125 Å². The zero-order valence-electron chi connectivity index (χ0n) is 12.9. The third-order valence-corrected chi connectivity index (χ3v) is 3.80. The van der Waals surface area contributed by atoms with Crippen molar-refractivity contribution in [1.82, 2.24) is 4.90 Å². The first-order valence-corrected chi connectivity index (χ1v) is 7.31. The Morgan fingerprint density at radius 2 is 2.14 bits per heavy atom. The number of nitrogens with zero attached hydrogens (tertiary/aromatic N) is 1. The Hall–Kier alpha value is -1.75. The Morgan fingerprint density at radius 1 is 1.33 bits per heavy atom. The van der Waals surface area contributed by atoms with Gasteiger partial charge in [-0.25, -0.2) is 0 Å². The molecule has 0 amide bonds. The number of hydrogen-bond donors (Lipinski definition) is 0. The molecule has 116 valence electrons. The maximum absolute atomic E-state index is 11.7. The number of benzene rings is 1. The maximum atomic E-state index is 11.7. The fourth-order valence-corrected chi connectivity index (χ4v) is 2.84. The molecule has 0 N–H and O–H groups in total. The van der Waals surface area contributed by atoms with Gasteiger partial charge in [0.05, 0.1) is 27.4 Å². The average Bonchev–Trinajstić information content (AvgIpc) is 2.94. The molecule has 0 aliphatic carbocycles. The molecule has 1 aromatic rings. The van der Waals surface area contributed by atoms with Gasteiger partial charge in [-0.15, -0.1) is 0 Å². The van der Waals surface area contributed by atoms with Gasteiger partial charge in [0.1, 0.15) is 11.5 Å². The van der Waals surface area contributed by atoms with Crippen molar-refractivity contribution in [3.05, 3.63) is 23.8 Å². The van der Waals surface area contributed by atoms with Gasteiger partial charge < -0.3 is 14.2 Å². The van der Waals surface area contributed by atoms with Gasteiger partial charge in [-0.3, -0.25) is 9.69 Å². The number of methoxy groups -OCH3 is 2. The molecule has 5 nitrogen and oxygen atoms in total. The van der Waals surface area contributed by atoms with Crippen LogP contribution in [-0.4, -0.2) is 44.8 Å². The third-order valence-electron chi connectivity index (χ3n) is 3.80. The predicted octanol–water partition coefficient (Wildman–Crippen LogP) is 2.40. The largest absolute Gasteiger partial charge is 0.497 e. The second kappa shape index (κ2) is 7.31. The van der Waals surface area contributed by atoms with Crippen molar-refractivity contribution < 1.29 is 19.0 Å². The average molecular weight is 293 g/mol. The zero-order chi connectivity index (χ0) is 15.2. The van der Waals surface area contributed by atoms with Gasteiger partial charge in [-0.1, -0.05) is 0 Å². The van der Waals surface area contributed by atoms with Crippen LogP contribution in [0.3, 0.4) is 0 Å². The first-order chi connectivity index (χ1) is 10.2. The van der Waals surface area contributed by atoms with E-state index in [1.807, 2.05) is 25.1 Å². The van der Waals surface area contributed by atoms with Gasteiger partial charge in [0.25, 0.3) is 0 Å². The van der Waals surface area contributed by atoms with E-state index in [4.69, 9.17) is 14.2 Å². The van der Waals surface area contributed by atoms with Crippen LogP contribution in [0, 0.1) is 0 Å². The van der Waals surface area contributed by atoms with Gasteiger partial charge in [0.15, 0.2) is 0 Å². The molecule has 1 aliphatic heterocycles. The molecule has 0 spiro atoms. The Balaban J connectivity index is 2.20. The van der Waals surface area contributed by atoms with Crippen LogP contribution < -0.4 is 9.47 Å². The van der Waals surface area contributed by atoms with Crippen molar-refractivity contribution in [2.75, 3.05) is 33.9 Å². The first kappa shape index (κ1) is 15.6. The fraction of sp³-hybridized carbons (Fsp3) is 0.562. The highest BCUT2D eigenvalue weighted by Gasteiger charge is 2.30. The standard InChI is InChI=1S/C16H23NO4/c1-4-21-16(18)11-17-9-5-6-14(17)13-10-12(19-2)7-8-15(13)20-3/h7-8,10,14H,4-6,9,11H2,1-3H3. The summed E-state index contributed by atoms with van der Waals surface area (Å²) in [6, 6.07) is 5.95. The molecule has 1 atom stereocenters. The molecule has 1 fully saturated rings. The highest BCUT2D eigenvalue weighted by Crippen LogP contribution is 2.38. The molecule has 1 aliphatic rings. The summed E-state index contributed by atoms with van der Waals surface area (Å²) in [5, 5.41) is 0. The summed E-state index contributed by atoms with van der Waals surface area (Å²) in [5.74, 6) is 1.46. The number of ether oxygens (including phenoxy) is 3. The van der Waals surface area contributed by atoms with Crippen molar-refractivity contribution >= 4 is 5.97 Å². The lowest BCUT2D eigenvalue weighted by atomic mass is 10.0. The number of carbonyl (C=O) groups excluding carboxylic acids is 1. The van der Waals surface area contributed by atoms with Crippen LogP contribution in [0.1, 0.15) is 31.4 Å². The van der Waals surface area contributed by atoms with Crippen LogP contribution in [0.25, 0.3) is 0 Å². The van der Waals surface area contributed by atoms with E-state index in [1.165, 1.54) is 0 Å². The smallest absolute Gasteiger partial charge is 0.320 e. The van der Waals surface area contributed by atoms with Gasteiger partial charge in [0, 0.05) is 11.6 Å². The molecule has 1 unspecified atom stereocenters. The molecule has 0 bridgehead atoms. The van der Waals surface area contributed by atoms with Crippen molar-refractivity contribution in [2.24, 2.45) is 0 Å². The lowest BCUT2D eigenvalue weighted by Gasteiger charge is -2.25. The first-order valence-electron chi connectivity index (χ1n) is 7.31. The molecular formula is C16H23NO4. The number of esters is 1. The van der Waals surface area contributed by atoms with Crippen LogP contribution in [0.15, 0.2) is 18.2 Å². The number of likely N-dealkylation sites (tertiary alicyclic amines) is 1. The summed E-state index contributed by atoms with van der Waals surface area (Å²) in [4.78, 5) is 13.9. The van der Waals surface area contributed by atoms with Crippen LogP contribution in [-0.2, 0) is 9.53 Å². The van der Waals surface area contributed by atoms with E-state index in [9.17, 15) is 4.79 Å². The van der Waals surface area contributed by atoms with E-state index in [1.54, 1.807) is 14.2 Å². The SMILES string of the molecule is CCOC(=O)CN1CCCC1c1cc(OC)ccc1OC. The third kappa shape index (κ3) is 3.67. The van der Waals surface area contributed by atoms with Crippen LogP contribution in [0.4, 0.5) is 0 Å². The van der Waals surface area contributed by atoms with E-state index in [2.05, 4.69) is 4.90 Å². The summed E-state index contributed by atoms with van der Waals surface area (Å²) in [7, 11) is 3.31. The monoisotopic (exact) mass is 293 g/mol. The number of carbonyl (C=O) groups is 1. The Kier molecular flexibility index (Phi) is 5.44. The molecule has 1 heterocycles.